The average Bonchev–Trinajstić information content (AvgIpc) is 2.36. The van der Waals surface area contributed by atoms with Crippen molar-refractivity contribution >= 4 is 11.6 Å². The maximum absolute atomic E-state index is 12.0. The van der Waals surface area contributed by atoms with E-state index in [0.29, 0.717) is 18.8 Å². The molecule has 0 heterocycles. The van der Waals surface area contributed by atoms with Crippen LogP contribution in [-0.2, 0) is 16.1 Å². The second-order valence-electron chi connectivity index (χ2n) is 3.93. The van der Waals surface area contributed by atoms with E-state index < -0.39 is 6.10 Å². The molecule has 0 radical (unpaired) electrons. The number of benzene rings is 1. The van der Waals surface area contributed by atoms with Crippen LogP contribution in [0.15, 0.2) is 24.3 Å². The first-order valence-corrected chi connectivity index (χ1v) is 5.75. The zero-order valence-electron chi connectivity index (χ0n) is 10.6. The van der Waals surface area contributed by atoms with Gasteiger partial charge < -0.3 is 15.4 Å². The zero-order chi connectivity index (χ0) is 12.8. The average molecular weight is 236 g/mol. The summed E-state index contributed by atoms with van der Waals surface area (Å²) in [5.41, 5.74) is 7.54. The van der Waals surface area contributed by atoms with Crippen LogP contribution >= 0.6 is 0 Å². The Bertz CT molecular complexity index is 379. The fraction of sp³-hybridized carbons (Fsp3) is 0.462. The third kappa shape index (κ3) is 3.46. The van der Waals surface area contributed by atoms with Gasteiger partial charge in [-0.2, -0.15) is 0 Å². The number of hydrogen-bond donors (Lipinski definition) is 1. The standard InChI is InChI=1S/C13H20N2O2/c1-4-15(13(16)10(2)17-3)9-11-7-5-6-8-12(11)14/h5-8,10H,4,9,14H2,1-3H3. The molecule has 0 spiro atoms. The minimum atomic E-state index is -0.417. The molecule has 1 aromatic carbocycles. The molecular formula is C13H20N2O2. The van der Waals surface area contributed by atoms with Crippen LogP contribution in [0.1, 0.15) is 19.4 Å². The minimum absolute atomic E-state index is 0.0155. The van der Waals surface area contributed by atoms with Crippen LogP contribution in [0.2, 0.25) is 0 Å². The van der Waals surface area contributed by atoms with Crippen molar-refractivity contribution in [2.24, 2.45) is 0 Å². The van der Waals surface area contributed by atoms with Gasteiger partial charge in [-0.1, -0.05) is 18.2 Å². The highest BCUT2D eigenvalue weighted by atomic mass is 16.5. The Labute approximate surface area is 102 Å². The van der Waals surface area contributed by atoms with Crippen LogP contribution in [-0.4, -0.2) is 30.6 Å². The van der Waals surface area contributed by atoms with Crippen molar-refractivity contribution in [1.29, 1.82) is 0 Å². The van der Waals surface area contributed by atoms with E-state index in [-0.39, 0.29) is 5.91 Å². The SMILES string of the molecule is CCN(Cc1ccccc1N)C(=O)C(C)OC. The fourth-order valence-electron chi connectivity index (χ4n) is 1.59. The number of para-hydroxylation sites is 1. The number of likely N-dealkylation sites (N-methyl/N-ethyl adjacent to an activating group) is 1. The van der Waals surface area contributed by atoms with Crippen LogP contribution in [0.25, 0.3) is 0 Å². The van der Waals surface area contributed by atoms with Gasteiger partial charge in [0.1, 0.15) is 6.10 Å². The Kier molecular flexibility index (Phi) is 4.97. The van der Waals surface area contributed by atoms with Gasteiger partial charge in [0.15, 0.2) is 0 Å². The molecule has 0 saturated heterocycles. The number of nitrogens with two attached hydrogens (primary N) is 1. The maximum atomic E-state index is 12.0. The monoisotopic (exact) mass is 236 g/mol. The van der Waals surface area contributed by atoms with Crippen molar-refractivity contribution in [2.45, 2.75) is 26.5 Å². The second-order valence-corrected chi connectivity index (χ2v) is 3.93. The van der Waals surface area contributed by atoms with Crippen molar-refractivity contribution < 1.29 is 9.53 Å². The molecule has 1 unspecified atom stereocenters. The van der Waals surface area contributed by atoms with E-state index in [0.717, 1.165) is 5.56 Å². The van der Waals surface area contributed by atoms with E-state index >= 15 is 0 Å². The van der Waals surface area contributed by atoms with E-state index in [9.17, 15) is 4.79 Å². The molecule has 0 aromatic heterocycles. The highest BCUT2D eigenvalue weighted by Crippen LogP contribution is 2.14. The molecule has 1 atom stereocenters. The van der Waals surface area contributed by atoms with E-state index in [1.165, 1.54) is 7.11 Å². The zero-order valence-corrected chi connectivity index (χ0v) is 10.6. The second kappa shape index (κ2) is 6.25. The molecule has 2 N–H and O–H groups in total. The van der Waals surface area contributed by atoms with Crippen molar-refractivity contribution in [3.8, 4) is 0 Å². The van der Waals surface area contributed by atoms with Gasteiger partial charge in [-0.15, -0.1) is 0 Å². The van der Waals surface area contributed by atoms with Crippen molar-refractivity contribution in [1.82, 2.24) is 4.90 Å². The molecule has 1 amide bonds. The lowest BCUT2D eigenvalue weighted by Crippen LogP contribution is -2.38. The summed E-state index contributed by atoms with van der Waals surface area (Å²) in [5.74, 6) is -0.0155. The number of nitrogens with zero attached hydrogens (tertiary/aromatic N) is 1. The summed E-state index contributed by atoms with van der Waals surface area (Å²) < 4.78 is 5.04. The van der Waals surface area contributed by atoms with Gasteiger partial charge in [0, 0.05) is 25.9 Å². The summed E-state index contributed by atoms with van der Waals surface area (Å²) in [5, 5.41) is 0. The maximum Gasteiger partial charge on any atom is 0.251 e. The first kappa shape index (κ1) is 13.5. The Morgan fingerprint density at radius 1 is 1.47 bits per heavy atom. The molecule has 1 aromatic rings. The first-order valence-electron chi connectivity index (χ1n) is 5.75. The van der Waals surface area contributed by atoms with E-state index in [1.54, 1.807) is 11.8 Å². The number of anilines is 1. The Balaban J connectivity index is 2.77. The highest BCUT2D eigenvalue weighted by molar-refractivity contribution is 5.80. The summed E-state index contributed by atoms with van der Waals surface area (Å²) in [6.45, 7) is 4.86. The molecule has 4 nitrogen and oxygen atoms in total. The fourth-order valence-corrected chi connectivity index (χ4v) is 1.59. The molecule has 4 heteroatoms. The molecule has 0 saturated carbocycles. The van der Waals surface area contributed by atoms with Crippen molar-refractivity contribution in [3.05, 3.63) is 29.8 Å². The first-order chi connectivity index (χ1) is 8.10. The smallest absolute Gasteiger partial charge is 0.251 e. The quantitative estimate of drug-likeness (QED) is 0.791. The summed E-state index contributed by atoms with van der Waals surface area (Å²) >= 11 is 0. The van der Waals surface area contributed by atoms with Crippen molar-refractivity contribution in [2.75, 3.05) is 19.4 Å². The number of ether oxygens (including phenoxy) is 1. The molecule has 94 valence electrons. The van der Waals surface area contributed by atoms with Gasteiger partial charge in [-0.05, 0) is 25.5 Å². The van der Waals surface area contributed by atoms with E-state index in [2.05, 4.69) is 0 Å². The number of hydrogen-bond acceptors (Lipinski definition) is 3. The van der Waals surface area contributed by atoms with Gasteiger partial charge in [0.05, 0.1) is 0 Å². The lowest BCUT2D eigenvalue weighted by molar-refractivity contribution is -0.141. The number of carbonyl (C=O) groups is 1. The van der Waals surface area contributed by atoms with Gasteiger partial charge in [-0.25, -0.2) is 0 Å². The van der Waals surface area contributed by atoms with Crippen LogP contribution in [0.5, 0.6) is 0 Å². The molecule has 17 heavy (non-hydrogen) atoms. The Morgan fingerprint density at radius 2 is 2.12 bits per heavy atom. The topological polar surface area (TPSA) is 55.6 Å². The molecule has 0 fully saturated rings. The molecule has 0 aliphatic carbocycles. The normalized spacial score (nSPS) is 12.2. The predicted molar refractivity (Wildman–Crippen MR) is 68.4 cm³/mol. The summed E-state index contributed by atoms with van der Waals surface area (Å²) in [7, 11) is 1.54. The highest BCUT2D eigenvalue weighted by Gasteiger charge is 2.19. The number of amides is 1. The molecule has 1 rings (SSSR count). The number of carbonyl (C=O) groups excluding carboxylic acids is 1. The van der Waals surface area contributed by atoms with Gasteiger partial charge in [0.25, 0.3) is 5.91 Å². The van der Waals surface area contributed by atoms with Crippen LogP contribution in [0, 0.1) is 0 Å². The van der Waals surface area contributed by atoms with Gasteiger partial charge in [-0.3, -0.25) is 4.79 Å². The summed E-state index contributed by atoms with van der Waals surface area (Å²) in [4.78, 5) is 13.7. The minimum Gasteiger partial charge on any atom is -0.398 e. The molecule has 0 bridgehead atoms. The Hall–Kier alpha value is -1.55. The molecule has 0 aliphatic heterocycles. The summed E-state index contributed by atoms with van der Waals surface area (Å²) in [6, 6.07) is 7.58. The van der Waals surface area contributed by atoms with Crippen LogP contribution < -0.4 is 5.73 Å². The van der Waals surface area contributed by atoms with Crippen LogP contribution in [0.3, 0.4) is 0 Å². The molecular weight excluding hydrogens is 216 g/mol. The third-order valence-corrected chi connectivity index (χ3v) is 2.81. The molecule has 0 aliphatic rings. The third-order valence-electron chi connectivity index (χ3n) is 2.81. The lowest BCUT2D eigenvalue weighted by Gasteiger charge is -2.24. The van der Waals surface area contributed by atoms with E-state index in [4.69, 9.17) is 10.5 Å². The van der Waals surface area contributed by atoms with Crippen LogP contribution in [0.4, 0.5) is 5.69 Å². The number of rotatable bonds is 5. The number of methoxy groups -OCH3 is 1. The summed E-state index contributed by atoms with van der Waals surface area (Å²) in [6.07, 6.45) is -0.417. The number of nitrogen functional groups attached to an aromatic ring is 1. The predicted octanol–water partition coefficient (Wildman–Crippen LogP) is 1.65. The Morgan fingerprint density at radius 3 is 2.65 bits per heavy atom. The largest absolute Gasteiger partial charge is 0.398 e. The van der Waals surface area contributed by atoms with Gasteiger partial charge >= 0.3 is 0 Å². The van der Waals surface area contributed by atoms with Gasteiger partial charge in [0.2, 0.25) is 0 Å². The van der Waals surface area contributed by atoms with E-state index in [1.807, 2.05) is 31.2 Å². The van der Waals surface area contributed by atoms with Crippen molar-refractivity contribution in [3.63, 3.8) is 0 Å². The lowest BCUT2D eigenvalue weighted by atomic mass is 10.1.